The maximum Gasteiger partial charge on any atom is 0.335 e. The molecule has 2 aromatic rings. The van der Waals surface area contributed by atoms with Crippen molar-refractivity contribution < 1.29 is 23.1 Å². The number of ether oxygens (including phenoxy) is 1. The smallest absolute Gasteiger partial charge is 0.335 e. The first kappa shape index (κ1) is 20.7. The molecule has 0 bridgehead atoms. The van der Waals surface area contributed by atoms with Gasteiger partial charge in [0.15, 0.2) is 0 Å². The number of methoxy groups -OCH3 is 1. The molecule has 0 radical (unpaired) electrons. The molecule has 27 heavy (non-hydrogen) atoms. The number of benzene rings is 2. The van der Waals surface area contributed by atoms with Crippen LogP contribution in [0.25, 0.3) is 0 Å². The summed E-state index contributed by atoms with van der Waals surface area (Å²) in [5.74, 6) is -0.412. The van der Waals surface area contributed by atoms with E-state index in [0.29, 0.717) is 18.7 Å². The topological polar surface area (TPSA) is 105 Å². The number of carboxylic acid groups (broad SMARTS) is 1. The first-order valence-electron chi connectivity index (χ1n) is 8.49. The van der Waals surface area contributed by atoms with Crippen LogP contribution in [0.2, 0.25) is 0 Å². The molecule has 2 rings (SSSR count). The highest BCUT2D eigenvalue weighted by atomic mass is 32.2. The molecular weight excluding hydrogens is 368 g/mol. The predicted molar refractivity (Wildman–Crippen MR) is 104 cm³/mol. The lowest BCUT2D eigenvalue weighted by Gasteiger charge is -2.15. The average Bonchev–Trinajstić information content (AvgIpc) is 2.61. The minimum Gasteiger partial charge on any atom is -0.497 e. The van der Waals surface area contributed by atoms with Gasteiger partial charge in [-0.1, -0.05) is 12.1 Å². The molecule has 0 aliphatic carbocycles. The predicted octanol–water partition coefficient (Wildman–Crippen LogP) is 2.73. The molecule has 0 aliphatic rings. The van der Waals surface area contributed by atoms with Crippen LogP contribution >= 0.6 is 0 Å². The van der Waals surface area contributed by atoms with Crippen molar-refractivity contribution in [3.05, 3.63) is 53.6 Å². The number of hydrogen-bond acceptors (Lipinski definition) is 5. The molecule has 146 valence electrons. The second-order valence-electron chi connectivity index (χ2n) is 6.32. The third-order valence-corrected chi connectivity index (χ3v) is 5.50. The van der Waals surface area contributed by atoms with Crippen LogP contribution in [-0.2, 0) is 16.4 Å². The molecule has 0 aliphatic heterocycles. The summed E-state index contributed by atoms with van der Waals surface area (Å²) < 4.78 is 32.8. The Balaban J connectivity index is 2.20. The van der Waals surface area contributed by atoms with Gasteiger partial charge in [-0.05, 0) is 56.2 Å². The minimum atomic E-state index is -3.84. The van der Waals surface area contributed by atoms with Crippen molar-refractivity contribution in [2.45, 2.75) is 31.2 Å². The van der Waals surface area contributed by atoms with Gasteiger partial charge >= 0.3 is 5.97 Å². The Morgan fingerprint density at radius 2 is 1.81 bits per heavy atom. The molecule has 7 nitrogen and oxygen atoms in total. The van der Waals surface area contributed by atoms with Crippen LogP contribution in [0.1, 0.15) is 29.8 Å². The quantitative estimate of drug-likeness (QED) is 0.606. The van der Waals surface area contributed by atoms with E-state index in [1.807, 2.05) is 24.3 Å². The zero-order valence-electron chi connectivity index (χ0n) is 15.5. The van der Waals surface area contributed by atoms with E-state index in [2.05, 4.69) is 10.0 Å². The summed E-state index contributed by atoms with van der Waals surface area (Å²) >= 11 is 0. The number of rotatable bonds is 9. The average molecular weight is 392 g/mol. The lowest BCUT2D eigenvalue weighted by Crippen LogP contribution is -2.31. The van der Waals surface area contributed by atoms with Crippen molar-refractivity contribution in [2.24, 2.45) is 0 Å². The first-order valence-corrected chi connectivity index (χ1v) is 9.97. The van der Waals surface area contributed by atoms with E-state index < -0.39 is 16.0 Å². The Hall–Kier alpha value is -2.58. The summed E-state index contributed by atoms with van der Waals surface area (Å²) in [7, 11) is -2.24. The first-order chi connectivity index (χ1) is 12.7. The van der Waals surface area contributed by atoms with Gasteiger partial charge < -0.3 is 15.2 Å². The number of nitrogens with one attached hydrogen (secondary N) is 2. The molecule has 2 aromatic carbocycles. The minimum absolute atomic E-state index is 0.0779. The fraction of sp³-hybridized carbons (Fsp3) is 0.316. The Bertz CT molecular complexity index is 893. The van der Waals surface area contributed by atoms with Crippen molar-refractivity contribution in [2.75, 3.05) is 19.0 Å². The van der Waals surface area contributed by atoms with Crippen molar-refractivity contribution in [3.63, 3.8) is 0 Å². The van der Waals surface area contributed by atoms with E-state index in [9.17, 15) is 13.2 Å². The third kappa shape index (κ3) is 5.70. The molecule has 0 atom stereocenters. The second-order valence-corrected chi connectivity index (χ2v) is 8.00. The molecular formula is C19H24N2O5S. The molecule has 8 heteroatoms. The third-order valence-electron chi connectivity index (χ3n) is 3.80. The van der Waals surface area contributed by atoms with Gasteiger partial charge in [0.25, 0.3) is 0 Å². The molecule has 0 saturated carbocycles. The van der Waals surface area contributed by atoms with Crippen LogP contribution in [0.4, 0.5) is 5.69 Å². The van der Waals surface area contributed by atoms with Crippen LogP contribution in [-0.4, -0.2) is 39.2 Å². The lowest BCUT2D eigenvalue weighted by molar-refractivity contribution is 0.0696. The standard InChI is InChI=1S/C19H24N2O5S/c1-13(2)21-27(24,25)18-12-15(19(22)23)6-9-17(18)20-11-10-14-4-7-16(26-3)8-5-14/h4-9,12-13,20-21H,10-11H2,1-3H3,(H,22,23). The van der Waals surface area contributed by atoms with Gasteiger partial charge in [0.1, 0.15) is 10.6 Å². The number of hydrogen-bond donors (Lipinski definition) is 3. The lowest BCUT2D eigenvalue weighted by atomic mass is 10.1. The van der Waals surface area contributed by atoms with Gasteiger partial charge in [-0.3, -0.25) is 0 Å². The summed E-state index contributed by atoms with van der Waals surface area (Å²) in [5, 5.41) is 12.3. The molecule has 0 amide bonds. The summed E-state index contributed by atoms with van der Waals surface area (Å²) in [4.78, 5) is 11.1. The van der Waals surface area contributed by atoms with Crippen LogP contribution in [0, 0.1) is 0 Å². The van der Waals surface area contributed by atoms with Crippen molar-refractivity contribution in [3.8, 4) is 5.75 Å². The van der Waals surface area contributed by atoms with Crippen LogP contribution in [0.3, 0.4) is 0 Å². The molecule has 0 aromatic heterocycles. The Kier molecular flexibility index (Phi) is 6.81. The van der Waals surface area contributed by atoms with E-state index in [4.69, 9.17) is 9.84 Å². The van der Waals surface area contributed by atoms with Gasteiger partial charge in [-0.2, -0.15) is 0 Å². The largest absolute Gasteiger partial charge is 0.497 e. The number of anilines is 1. The van der Waals surface area contributed by atoms with Gasteiger partial charge in [0, 0.05) is 12.6 Å². The summed E-state index contributed by atoms with van der Waals surface area (Å²) in [6.45, 7) is 3.90. The number of aromatic carboxylic acids is 1. The number of sulfonamides is 1. The molecule has 0 heterocycles. The van der Waals surface area contributed by atoms with Gasteiger partial charge in [-0.15, -0.1) is 0 Å². The van der Waals surface area contributed by atoms with Crippen molar-refractivity contribution in [1.29, 1.82) is 0 Å². The molecule has 3 N–H and O–H groups in total. The van der Waals surface area contributed by atoms with E-state index >= 15 is 0 Å². The summed E-state index contributed by atoms with van der Waals surface area (Å²) in [5.41, 5.74) is 1.34. The Morgan fingerprint density at radius 3 is 2.37 bits per heavy atom. The fourth-order valence-corrected chi connectivity index (χ4v) is 3.99. The molecule has 0 spiro atoms. The molecule has 0 saturated heterocycles. The van der Waals surface area contributed by atoms with E-state index in [-0.39, 0.29) is 16.5 Å². The van der Waals surface area contributed by atoms with Gasteiger partial charge in [0.2, 0.25) is 10.0 Å². The normalized spacial score (nSPS) is 11.4. The zero-order valence-corrected chi connectivity index (χ0v) is 16.3. The highest BCUT2D eigenvalue weighted by Gasteiger charge is 2.21. The number of carboxylic acids is 1. The monoisotopic (exact) mass is 392 g/mol. The van der Waals surface area contributed by atoms with E-state index in [1.165, 1.54) is 18.2 Å². The van der Waals surface area contributed by atoms with Crippen molar-refractivity contribution >= 4 is 21.7 Å². The summed E-state index contributed by atoms with van der Waals surface area (Å²) in [6.07, 6.45) is 0.668. The van der Waals surface area contributed by atoms with Gasteiger partial charge in [0.05, 0.1) is 18.4 Å². The van der Waals surface area contributed by atoms with Crippen LogP contribution in [0.5, 0.6) is 5.75 Å². The van der Waals surface area contributed by atoms with Gasteiger partial charge in [-0.25, -0.2) is 17.9 Å². The SMILES string of the molecule is COc1ccc(CCNc2ccc(C(=O)O)cc2S(=O)(=O)NC(C)C)cc1. The second kappa shape index (κ2) is 8.88. The Morgan fingerprint density at radius 1 is 1.15 bits per heavy atom. The highest BCUT2D eigenvalue weighted by Crippen LogP contribution is 2.23. The van der Waals surface area contributed by atoms with Crippen LogP contribution < -0.4 is 14.8 Å². The zero-order chi connectivity index (χ0) is 20.0. The fourth-order valence-electron chi connectivity index (χ4n) is 2.53. The molecule has 0 unspecified atom stereocenters. The Labute approximate surface area is 159 Å². The summed E-state index contributed by atoms with van der Waals surface area (Å²) in [6, 6.07) is 11.3. The highest BCUT2D eigenvalue weighted by molar-refractivity contribution is 7.89. The van der Waals surface area contributed by atoms with Crippen LogP contribution in [0.15, 0.2) is 47.4 Å². The maximum atomic E-state index is 12.6. The maximum absolute atomic E-state index is 12.6. The van der Waals surface area contributed by atoms with Crippen molar-refractivity contribution in [1.82, 2.24) is 4.72 Å². The molecule has 0 fully saturated rings. The number of carbonyl (C=O) groups is 1. The van der Waals surface area contributed by atoms with E-state index in [0.717, 1.165) is 11.3 Å². The van der Waals surface area contributed by atoms with E-state index in [1.54, 1.807) is 21.0 Å².